The topological polar surface area (TPSA) is 57.9 Å². The van der Waals surface area contributed by atoms with Crippen molar-refractivity contribution < 1.29 is 57.0 Å². The molecular weight excluding hydrogens is 279 g/mol. The Morgan fingerprint density at radius 1 is 1.37 bits per heavy atom. The maximum absolute atomic E-state index is 13.3. The van der Waals surface area contributed by atoms with Crippen molar-refractivity contribution in [3.63, 3.8) is 0 Å². The molecule has 96 valence electrons. The standard InChI is InChI=1S/C10H6F4N2O2.Na/c11-5-2-1-3-6-7(5)15-8(9(17)18)16(6)4-10(12,13)14;/h1-3H,4H2,(H,17,18);/q;+1/p-1. The van der Waals surface area contributed by atoms with Crippen LogP contribution in [0.4, 0.5) is 17.6 Å². The number of imidazole rings is 1. The van der Waals surface area contributed by atoms with Crippen molar-refractivity contribution in [2.24, 2.45) is 0 Å². The molecule has 0 N–H and O–H groups in total. The van der Waals surface area contributed by atoms with Gasteiger partial charge in [0.2, 0.25) is 0 Å². The number of carbonyl (C=O) groups is 1. The minimum absolute atomic E-state index is 0. The van der Waals surface area contributed by atoms with E-state index in [9.17, 15) is 27.5 Å². The first-order valence-electron chi connectivity index (χ1n) is 4.72. The number of carboxylic acids is 1. The second-order valence-electron chi connectivity index (χ2n) is 3.53. The van der Waals surface area contributed by atoms with Crippen molar-refractivity contribution in [2.45, 2.75) is 12.7 Å². The van der Waals surface area contributed by atoms with Gasteiger partial charge in [-0.3, -0.25) is 0 Å². The van der Waals surface area contributed by atoms with Gasteiger partial charge in [-0.15, -0.1) is 0 Å². The second kappa shape index (κ2) is 5.48. The van der Waals surface area contributed by atoms with E-state index in [2.05, 4.69) is 4.98 Å². The summed E-state index contributed by atoms with van der Waals surface area (Å²) in [7, 11) is 0. The Bertz CT molecular complexity index is 624. The van der Waals surface area contributed by atoms with Crippen LogP contribution in [0.5, 0.6) is 0 Å². The molecule has 0 aliphatic carbocycles. The summed E-state index contributed by atoms with van der Waals surface area (Å²) in [6, 6.07) is 3.31. The van der Waals surface area contributed by atoms with Crippen molar-refractivity contribution in [3.8, 4) is 0 Å². The average Bonchev–Trinajstić information content (AvgIpc) is 2.57. The predicted molar refractivity (Wildman–Crippen MR) is 50.1 cm³/mol. The van der Waals surface area contributed by atoms with Crippen LogP contribution in [0.1, 0.15) is 10.6 Å². The molecule has 0 saturated heterocycles. The van der Waals surface area contributed by atoms with Crippen LogP contribution in [-0.4, -0.2) is 21.7 Å². The molecule has 2 rings (SSSR count). The third kappa shape index (κ3) is 3.26. The number of rotatable bonds is 2. The van der Waals surface area contributed by atoms with Crippen LogP contribution in [0, 0.1) is 5.82 Å². The van der Waals surface area contributed by atoms with Gasteiger partial charge in [0.05, 0.1) is 5.52 Å². The molecule has 0 saturated carbocycles. The molecule has 0 unspecified atom stereocenters. The number of alkyl halides is 3. The molecule has 0 bridgehead atoms. The molecule has 0 spiro atoms. The molecule has 0 fully saturated rings. The van der Waals surface area contributed by atoms with Crippen molar-refractivity contribution in [1.82, 2.24) is 9.55 Å². The van der Waals surface area contributed by atoms with E-state index in [1.54, 1.807) is 0 Å². The van der Waals surface area contributed by atoms with Gasteiger partial charge >= 0.3 is 35.7 Å². The number of fused-ring (bicyclic) bond motifs is 1. The van der Waals surface area contributed by atoms with Gasteiger partial charge < -0.3 is 14.5 Å². The predicted octanol–water partition coefficient (Wildman–Crippen LogP) is -1.89. The molecule has 0 aliphatic rings. The molecule has 0 radical (unpaired) electrons. The van der Waals surface area contributed by atoms with E-state index < -0.39 is 35.8 Å². The first-order valence-corrected chi connectivity index (χ1v) is 4.72. The fourth-order valence-corrected chi connectivity index (χ4v) is 1.61. The summed E-state index contributed by atoms with van der Waals surface area (Å²) in [5.41, 5.74) is -0.674. The number of nitrogens with zero attached hydrogens (tertiary/aromatic N) is 2. The van der Waals surface area contributed by atoms with Crippen LogP contribution in [0.2, 0.25) is 0 Å². The van der Waals surface area contributed by atoms with E-state index in [-0.39, 0.29) is 35.1 Å². The van der Waals surface area contributed by atoms with E-state index in [1.807, 2.05) is 0 Å². The molecule has 2 aromatic rings. The fraction of sp³-hybridized carbons (Fsp3) is 0.200. The number of para-hydroxylation sites is 1. The van der Waals surface area contributed by atoms with Crippen molar-refractivity contribution in [2.75, 3.05) is 0 Å². The number of aromatic carboxylic acids is 1. The number of hydrogen-bond donors (Lipinski definition) is 0. The van der Waals surface area contributed by atoms with Gasteiger partial charge in [0, 0.05) is 0 Å². The minimum atomic E-state index is -4.65. The fourth-order valence-electron chi connectivity index (χ4n) is 1.61. The van der Waals surface area contributed by atoms with E-state index in [0.717, 1.165) is 12.1 Å². The van der Waals surface area contributed by atoms with Crippen LogP contribution < -0.4 is 34.7 Å². The zero-order valence-electron chi connectivity index (χ0n) is 9.66. The number of benzene rings is 1. The molecule has 1 heterocycles. The maximum atomic E-state index is 13.3. The molecule has 0 atom stereocenters. The minimum Gasteiger partial charge on any atom is -0.542 e. The third-order valence-electron chi connectivity index (χ3n) is 2.25. The van der Waals surface area contributed by atoms with Gasteiger partial charge in [0.1, 0.15) is 18.0 Å². The van der Waals surface area contributed by atoms with E-state index in [1.165, 1.54) is 6.07 Å². The van der Waals surface area contributed by atoms with Crippen molar-refractivity contribution >= 4 is 17.0 Å². The summed E-state index contributed by atoms with van der Waals surface area (Å²) in [5, 5.41) is 10.7. The molecule has 1 aromatic heterocycles. The third-order valence-corrected chi connectivity index (χ3v) is 2.25. The first-order chi connectivity index (χ1) is 8.29. The maximum Gasteiger partial charge on any atom is 1.00 e. The van der Waals surface area contributed by atoms with Crippen LogP contribution in [0.15, 0.2) is 18.2 Å². The summed E-state index contributed by atoms with van der Waals surface area (Å²) in [6.07, 6.45) is -4.65. The summed E-state index contributed by atoms with van der Waals surface area (Å²) < 4.78 is 50.7. The number of carbonyl (C=O) groups excluding carboxylic acids is 1. The zero-order chi connectivity index (χ0) is 13.5. The molecule has 19 heavy (non-hydrogen) atoms. The van der Waals surface area contributed by atoms with Crippen molar-refractivity contribution in [1.29, 1.82) is 0 Å². The van der Waals surface area contributed by atoms with Gasteiger partial charge in [0.25, 0.3) is 0 Å². The average molecular weight is 284 g/mol. The Kier molecular flexibility index (Phi) is 4.59. The first kappa shape index (κ1) is 15.9. The van der Waals surface area contributed by atoms with Gasteiger partial charge in [0.15, 0.2) is 11.6 Å². The van der Waals surface area contributed by atoms with Gasteiger partial charge in [-0.1, -0.05) is 6.07 Å². The van der Waals surface area contributed by atoms with Crippen molar-refractivity contribution in [3.05, 3.63) is 29.8 Å². The molecule has 0 amide bonds. The Morgan fingerprint density at radius 2 is 2.00 bits per heavy atom. The Labute approximate surface area is 126 Å². The smallest absolute Gasteiger partial charge is 0.542 e. The normalized spacial score (nSPS) is 11.4. The number of carboxylic acid groups (broad SMARTS) is 1. The second-order valence-corrected chi connectivity index (χ2v) is 3.53. The molecule has 4 nitrogen and oxygen atoms in total. The van der Waals surface area contributed by atoms with Crippen LogP contribution in [-0.2, 0) is 6.54 Å². The number of halogens is 4. The zero-order valence-corrected chi connectivity index (χ0v) is 11.7. The summed E-state index contributed by atoms with van der Waals surface area (Å²) in [6.45, 7) is -1.57. The molecule has 1 aromatic carbocycles. The van der Waals surface area contributed by atoms with Gasteiger partial charge in [-0.2, -0.15) is 13.2 Å². The van der Waals surface area contributed by atoms with Gasteiger partial charge in [-0.05, 0) is 12.1 Å². The van der Waals surface area contributed by atoms with Crippen LogP contribution in [0.25, 0.3) is 11.0 Å². The largest absolute Gasteiger partial charge is 1.00 e. The van der Waals surface area contributed by atoms with E-state index in [4.69, 9.17) is 0 Å². The molecular formula is C10H5F4N2NaO2. The summed E-state index contributed by atoms with van der Waals surface area (Å²) in [4.78, 5) is 14.0. The van der Waals surface area contributed by atoms with Crippen LogP contribution in [0.3, 0.4) is 0 Å². The molecule has 9 heteroatoms. The summed E-state index contributed by atoms with van der Waals surface area (Å²) in [5.74, 6) is -3.74. The van der Waals surface area contributed by atoms with E-state index in [0.29, 0.717) is 4.57 Å². The number of aromatic nitrogens is 2. The number of hydrogen-bond acceptors (Lipinski definition) is 3. The SMILES string of the molecule is O=C([O-])c1nc2c(F)cccc2n1CC(F)(F)F.[Na+]. The monoisotopic (exact) mass is 284 g/mol. The Balaban J connectivity index is 0.00000180. The van der Waals surface area contributed by atoms with E-state index >= 15 is 0 Å². The summed E-state index contributed by atoms with van der Waals surface area (Å²) >= 11 is 0. The molecule has 0 aliphatic heterocycles. The van der Waals surface area contributed by atoms with Crippen LogP contribution >= 0.6 is 0 Å². The quantitative estimate of drug-likeness (QED) is 0.478. The Morgan fingerprint density at radius 3 is 2.53 bits per heavy atom. The van der Waals surface area contributed by atoms with Gasteiger partial charge in [-0.25, -0.2) is 9.37 Å². The Hall–Kier alpha value is -1.12.